The van der Waals surface area contributed by atoms with Crippen LogP contribution in [0, 0.1) is 17.8 Å². The van der Waals surface area contributed by atoms with Gasteiger partial charge in [-0.25, -0.2) is 0 Å². The maximum absolute atomic E-state index is 12.8. The van der Waals surface area contributed by atoms with Crippen LogP contribution in [0.25, 0.3) is 0 Å². The van der Waals surface area contributed by atoms with E-state index in [0.29, 0.717) is 11.8 Å². The Kier molecular flexibility index (Phi) is 4.11. The number of likely N-dealkylation sites (tertiary alicyclic amines) is 1. The summed E-state index contributed by atoms with van der Waals surface area (Å²) in [6.45, 7) is 5.34. The molecule has 1 N–H and O–H groups in total. The van der Waals surface area contributed by atoms with Crippen LogP contribution in [0.1, 0.15) is 51.9 Å². The van der Waals surface area contributed by atoms with Gasteiger partial charge in [-0.1, -0.05) is 19.8 Å². The van der Waals surface area contributed by atoms with Crippen molar-refractivity contribution in [2.75, 3.05) is 19.6 Å². The zero-order chi connectivity index (χ0) is 13.2. The van der Waals surface area contributed by atoms with Crippen molar-refractivity contribution in [1.29, 1.82) is 0 Å². The predicted octanol–water partition coefficient (Wildman–Crippen LogP) is 2.41. The lowest BCUT2D eigenvalue weighted by atomic mass is 9.93. The van der Waals surface area contributed by atoms with Gasteiger partial charge >= 0.3 is 0 Å². The standard InChI is InChI=1S/C16H28N2O/c1-2-12-5-4-9-18(10-8-12)16(19)15-14-7-3-6-13(14)11-17-15/h12-15,17H,2-11H2,1H3. The Bertz CT molecular complexity index is 331. The van der Waals surface area contributed by atoms with Crippen LogP contribution in [-0.4, -0.2) is 36.5 Å². The van der Waals surface area contributed by atoms with Gasteiger partial charge in [-0.3, -0.25) is 4.79 Å². The molecular formula is C16H28N2O. The van der Waals surface area contributed by atoms with Gasteiger partial charge in [0.2, 0.25) is 5.91 Å². The van der Waals surface area contributed by atoms with Gasteiger partial charge in [0.1, 0.15) is 0 Å². The Balaban J connectivity index is 1.60. The summed E-state index contributed by atoms with van der Waals surface area (Å²) in [5, 5.41) is 3.51. The van der Waals surface area contributed by atoms with Crippen molar-refractivity contribution in [2.45, 2.75) is 57.9 Å². The number of fused-ring (bicyclic) bond motifs is 1. The third kappa shape index (κ3) is 2.67. The Morgan fingerprint density at radius 1 is 1.16 bits per heavy atom. The second kappa shape index (κ2) is 5.82. The minimum Gasteiger partial charge on any atom is -0.341 e. The van der Waals surface area contributed by atoms with Crippen molar-refractivity contribution >= 4 is 5.91 Å². The first kappa shape index (κ1) is 13.4. The summed E-state index contributed by atoms with van der Waals surface area (Å²) in [4.78, 5) is 14.9. The van der Waals surface area contributed by atoms with Crippen LogP contribution in [0.4, 0.5) is 0 Å². The molecule has 2 heterocycles. The molecule has 3 rings (SSSR count). The van der Waals surface area contributed by atoms with E-state index in [4.69, 9.17) is 0 Å². The lowest BCUT2D eigenvalue weighted by molar-refractivity contribution is -0.134. The molecule has 4 unspecified atom stereocenters. The van der Waals surface area contributed by atoms with E-state index in [2.05, 4.69) is 17.1 Å². The maximum Gasteiger partial charge on any atom is 0.240 e. The van der Waals surface area contributed by atoms with E-state index in [1.807, 2.05) is 0 Å². The second-order valence-electron chi connectivity index (χ2n) is 6.77. The molecule has 19 heavy (non-hydrogen) atoms. The van der Waals surface area contributed by atoms with Crippen molar-refractivity contribution in [3.63, 3.8) is 0 Å². The van der Waals surface area contributed by atoms with Crippen LogP contribution in [0.5, 0.6) is 0 Å². The zero-order valence-corrected chi connectivity index (χ0v) is 12.2. The van der Waals surface area contributed by atoms with Gasteiger partial charge in [0.25, 0.3) is 0 Å². The van der Waals surface area contributed by atoms with E-state index in [0.717, 1.165) is 31.5 Å². The zero-order valence-electron chi connectivity index (χ0n) is 12.2. The molecule has 0 bridgehead atoms. The Hall–Kier alpha value is -0.570. The van der Waals surface area contributed by atoms with Crippen molar-refractivity contribution in [1.82, 2.24) is 10.2 Å². The van der Waals surface area contributed by atoms with Crippen LogP contribution < -0.4 is 5.32 Å². The number of carbonyl (C=O) groups excluding carboxylic acids is 1. The number of nitrogens with zero attached hydrogens (tertiary/aromatic N) is 1. The minimum absolute atomic E-state index is 0.144. The highest BCUT2D eigenvalue weighted by Crippen LogP contribution is 2.38. The molecule has 0 aromatic heterocycles. The van der Waals surface area contributed by atoms with Crippen LogP contribution in [-0.2, 0) is 4.79 Å². The summed E-state index contributed by atoms with van der Waals surface area (Å²) in [5.74, 6) is 2.67. The SMILES string of the molecule is CCC1CCCN(C(=O)C2NCC3CCCC32)CC1. The molecule has 3 heteroatoms. The quantitative estimate of drug-likeness (QED) is 0.830. The lowest BCUT2D eigenvalue weighted by Crippen LogP contribution is -2.46. The fraction of sp³-hybridized carbons (Fsp3) is 0.938. The first-order valence-corrected chi connectivity index (χ1v) is 8.31. The molecule has 3 nitrogen and oxygen atoms in total. The molecule has 0 spiro atoms. The van der Waals surface area contributed by atoms with Crippen molar-refractivity contribution < 1.29 is 4.79 Å². The van der Waals surface area contributed by atoms with Crippen LogP contribution in [0.3, 0.4) is 0 Å². The van der Waals surface area contributed by atoms with E-state index in [-0.39, 0.29) is 6.04 Å². The molecule has 2 saturated heterocycles. The van der Waals surface area contributed by atoms with Gasteiger partial charge < -0.3 is 10.2 Å². The molecule has 1 amide bonds. The number of rotatable bonds is 2. The Morgan fingerprint density at radius 2 is 2.05 bits per heavy atom. The van der Waals surface area contributed by atoms with Gasteiger partial charge in [0.05, 0.1) is 6.04 Å². The van der Waals surface area contributed by atoms with Crippen LogP contribution in [0.15, 0.2) is 0 Å². The average Bonchev–Trinajstić information content (AvgIpc) is 2.94. The molecule has 1 saturated carbocycles. The lowest BCUT2D eigenvalue weighted by Gasteiger charge is -2.27. The third-order valence-electron chi connectivity index (χ3n) is 5.75. The van der Waals surface area contributed by atoms with Crippen LogP contribution in [0.2, 0.25) is 0 Å². The van der Waals surface area contributed by atoms with E-state index in [1.54, 1.807) is 0 Å². The topological polar surface area (TPSA) is 32.3 Å². The molecule has 4 atom stereocenters. The Morgan fingerprint density at radius 3 is 2.89 bits per heavy atom. The summed E-state index contributed by atoms with van der Waals surface area (Å²) in [7, 11) is 0. The molecule has 0 aromatic carbocycles. The molecule has 108 valence electrons. The maximum atomic E-state index is 12.8. The van der Waals surface area contributed by atoms with Crippen LogP contribution >= 0.6 is 0 Å². The highest BCUT2D eigenvalue weighted by atomic mass is 16.2. The molecule has 2 aliphatic heterocycles. The predicted molar refractivity (Wildman–Crippen MR) is 76.8 cm³/mol. The normalized spacial score (nSPS) is 39.1. The fourth-order valence-electron chi connectivity index (χ4n) is 4.45. The fourth-order valence-corrected chi connectivity index (χ4v) is 4.45. The summed E-state index contributed by atoms with van der Waals surface area (Å²) in [6, 6.07) is 0.144. The number of hydrogen-bond donors (Lipinski definition) is 1. The summed E-state index contributed by atoms with van der Waals surface area (Å²) >= 11 is 0. The largest absolute Gasteiger partial charge is 0.341 e. The van der Waals surface area contributed by atoms with Crippen molar-refractivity contribution in [3.05, 3.63) is 0 Å². The second-order valence-corrected chi connectivity index (χ2v) is 6.77. The van der Waals surface area contributed by atoms with Crippen molar-refractivity contribution in [3.8, 4) is 0 Å². The smallest absolute Gasteiger partial charge is 0.240 e. The highest BCUT2D eigenvalue weighted by Gasteiger charge is 2.43. The average molecular weight is 264 g/mol. The number of amides is 1. The van der Waals surface area contributed by atoms with Gasteiger partial charge in [0, 0.05) is 13.1 Å². The van der Waals surface area contributed by atoms with E-state index in [1.165, 1.54) is 44.9 Å². The van der Waals surface area contributed by atoms with Gasteiger partial charge in [-0.2, -0.15) is 0 Å². The van der Waals surface area contributed by atoms with Gasteiger partial charge in [-0.05, 0) is 56.4 Å². The molecule has 3 fully saturated rings. The monoisotopic (exact) mass is 264 g/mol. The first-order valence-electron chi connectivity index (χ1n) is 8.31. The number of nitrogens with one attached hydrogen (secondary N) is 1. The summed E-state index contributed by atoms with van der Waals surface area (Å²) in [5.41, 5.74) is 0. The Labute approximate surface area is 117 Å². The third-order valence-corrected chi connectivity index (χ3v) is 5.75. The molecule has 0 radical (unpaired) electrons. The van der Waals surface area contributed by atoms with Gasteiger partial charge in [0.15, 0.2) is 0 Å². The molecule has 0 aromatic rings. The van der Waals surface area contributed by atoms with E-state index >= 15 is 0 Å². The first-order chi connectivity index (χ1) is 9.29. The van der Waals surface area contributed by atoms with Crippen molar-refractivity contribution in [2.24, 2.45) is 17.8 Å². The summed E-state index contributed by atoms with van der Waals surface area (Å²) < 4.78 is 0. The highest BCUT2D eigenvalue weighted by molar-refractivity contribution is 5.82. The molecular weight excluding hydrogens is 236 g/mol. The van der Waals surface area contributed by atoms with E-state index in [9.17, 15) is 4.79 Å². The minimum atomic E-state index is 0.144. The molecule has 1 aliphatic carbocycles. The number of hydrogen-bond acceptors (Lipinski definition) is 2. The molecule has 3 aliphatic rings. The summed E-state index contributed by atoms with van der Waals surface area (Å²) in [6.07, 6.45) is 8.92. The number of carbonyl (C=O) groups is 1. The van der Waals surface area contributed by atoms with E-state index < -0.39 is 0 Å². The van der Waals surface area contributed by atoms with Gasteiger partial charge in [-0.15, -0.1) is 0 Å².